The molecule has 5 nitrogen and oxygen atoms in total. The van der Waals surface area contributed by atoms with Gasteiger partial charge in [-0.15, -0.1) is 0 Å². The van der Waals surface area contributed by atoms with Crippen LogP contribution in [0.2, 0.25) is 0 Å². The third-order valence-electron chi connectivity index (χ3n) is 4.97. The zero-order valence-electron chi connectivity index (χ0n) is 14.0. The number of fused-ring (bicyclic) bond motifs is 1. The summed E-state index contributed by atoms with van der Waals surface area (Å²) in [6.45, 7) is 1.92. The van der Waals surface area contributed by atoms with Gasteiger partial charge in [0.2, 0.25) is 0 Å². The Bertz CT molecular complexity index is 1020. The zero-order chi connectivity index (χ0) is 17.6. The summed E-state index contributed by atoms with van der Waals surface area (Å²) in [7, 11) is -3.67. The number of aromatic nitrogens is 2. The highest BCUT2D eigenvalue weighted by atomic mass is 32.2. The summed E-state index contributed by atoms with van der Waals surface area (Å²) in [5, 5.41) is 10.5. The number of nitrogens with zero attached hydrogens (tertiary/aromatic N) is 2. The lowest BCUT2D eigenvalue weighted by Crippen LogP contribution is -2.12. The van der Waals surface area contributed by atoms with Crippen molar-refractivity contribution in [2.45, 2.75) is 43.1 Å². The molecule has 0 saturated heterocycles. The maximum absolute atomic E-state index is 12.9. The Labute approximate surface area is 147 Å². The number of aliphatic hydroxyl groups is 1. The minimum atomic E-state index is -3.67. The van der Waals surface area contributed by atoms with Gasteiger partial charge in [-0.05, 0) is 61.9 Å². The average Bonchev–Trinajstić information content (AvgIpc) is 3.21. The molecule has 0 amide bonds. The fraction of sp³-hybridized carbons (Fsp3) is 0.316. The molecule has 1 aliphatic rings. The smallest absolute Gasteiger partial charge is 0.269 e. The van der Waals surface area contributed by atoms with Crippen molar-refractivity contribution in [3.8, 4) is 0 Å². The fourth-order valence-electron chi connectivity index (χ4n) is 3.52. The molecule has 2 atom stereocenters. The van der Waals surface area contributed by atoms with Gasteiger partial charge in [0.1, 0.15) is 0 Å². The third-order valence-corrected chi connectivity index (χ3v) is 6.65. The van der Waals surface area contributed by atoms with E-state index in [2.05, 4.69) is 4.98 Å². The van der Waals surface area contributed by atoms with Gasteiger partial charge in [-0.2, -0.15) is 0 Å². The highest BCUT2D eigenvalue weighted by molar-refractivity contribution is 7.90. The Kier molecular flexibility index (Phi) is 3.89. The van der Waals surface area contributed by atoms with Crippen molar-refractivity contribution < 1.29 is 13.5 Å². The Balaban J connectivity index is 1.75. The van der Waals surface area contributed by atoms with Crippen LogP contribution in [0.1, 0.15) is 36.3 Å². The first-order chi connectivity index (χ1) is 11.9. The van der Waals surface area contributed by atoms with Crippen molar-refractivity contribution in [1.82, 2.24) is 8.96 Å². The summed E-state index contributed by atoms with van der Waals surface area (Å²) < 4.78 is 27.0. The summed E-state index contributed by atoms with van der Waals surface area (Å²) in [6.07, 6.45) is 5.55. The number of benzene rings is 1. The van der Waals surface area contributed by atoms with Crippen LogP contribution in [0.25, 0.3) is 11.0 Å². The normalized spacial score (nSPS) is 21.0. The molecule has 0 bridgehead atoms. The second kappa shape index (κ2) is 5.97. The Morgan fingerprint density at radius 1 is 1.16 bits per heavy atom. The molecule has 0 spiro atoms. The maximum Gasteiger partial charge on any atom is 0.269 e. The van der Waals surface area contributed by atoms with Crippen molar-refractivity contribution in [2.24, 2.45) is 0 Å². The lowest BCUT2D eigenvalue weighted by Gasteiger charge is -2.10. The largest absolute Gasteiger partial charge is 0.393 e. The van der Waals surface area contributed by atoms with Gasteiger partial charge in [-0.1, -0.05) is 17.7 Å². The molecule has 3 aromatic rings. The van der Waals surface area contributed by atoms with Crippen LogP contribution in [0.15, 0.2) is 53.7 Å². The molecule has 2 heterocycles. The van der Waals surface area contributed by atoms with Crippen LogP contribution in [0.4, 0.5) is 0 Å². The predicted molar refractivity (Wildman–Crippen MR) is 96.1 cm³/mol. The first kappa shape index (κ1) is 16.3. The minimum Gasteiger partial charge on any atom is -0.393 e. The minimum absolute atomic E-state index is 0.243. The van der Waals surface area contributed by atoms with E-state index in [1.54, 1.807) is 42.7 Å². The van der Waals surface area contributed by atoms with Gasteiger partial charge < -0.3 is 5.11 Å². The molecule has 1 aromatic carbocycles. The standard InChI is InChI=1S/C19H20N2O3S/c1-13-2-6-18(7-3-13)25(23,24)21-9-8-15-10-16(12-20-19(15)21)14-4-5-17(22)11-14/h2-3,6-10,12,14,17,22H,4-5,11H2,1H3. The van der Waals surface area contributed by atoms with Crippen LogP contribution in [0.5, 0.6) is 0 Å². The molecule has 2 aromatic heterocycles. The topological polar surface area (TPSA) is 72.2 Å². The molecule has 25 heavy (non-hydrogen) atoms. The number of rotatable bonds is 3. The van der Waals surface area contributed by atoms with Gasteiger partial charge in [0.05, 0.1) is 11.0 Å². The van der Waals surface area contributed by atoms with E-state index in [1.807, 2.05) is 13.0 Å². The van der Waals surface area contributed by atoms with E-state index in [1.165, 1.54) is 3.97 Å². The Hall–Kier alpha value is -2.18. The number of aliphatic hydroxyl groups excluding tert-OH is 1. The SMILES string of the molecule is Cc1ccc(S(=O)(=O)n2ccc3cc(C4CCC(O)C4)cnc32)cc1. The monoisotopic (exact) mass is 356 g/mol. The first-order valence-electron chi connectivity index (χ1n) is 8.42. The van der Waals surface area contributed by atoms with Crippen LogP contribution in [0, 0.1) is 6.92 Å². The number of hydrogen-bond donors (Lipinski definition) is 1. The van der Waals surface area contributed by atoms with Crippen molar-refractivity contribution in [1.29, 1.82) is 0 Å². The van der Waals surface area contributed by atoms with Crippen molar-refractivity contribution in [2.75, 3.05) is 0 Å². The predicted octanol–water partition coefficient (Wildman–Crippen LogP) is 3.21. The summed E-state index contributed by atoms with van der Waals surface area (Å²) in [5.74, 6) is 0.295. The number of hydrogen-bond acceptors (Lipinski definition) is 4. The van der Waals surface area contributed by atoms with E-state index in [9.17, 15) is 13.5 Å². The van der Waals surface area contributed by atoms with Gasteiger partial charge in [-0.25, -0.2) is 17.4 Å². The summed E-state index contributed by atoms with van der Waals surface area (Å²) in [4.78, 5) is 4.67. The molecule has 0 aliphatic heterocycles. The van der Waals surface area contributed by atoms with Crippen molar-refractivity contribution in [3.63, 3.8) is 0 Å². The van der Waals surface area contributed by atoms with Crippen LogP contribution < -0.4 is 0 Å². The molecule has 1 saturated carbocycles. The lowest BCUT2D eigenvalue weighted by atomic mass is 9.99. The molecular weight excluding hydrogens is 336 g/mol. The molecule has 130 valence electrons. The fourth-order valence-corrected chi connectivity index (χ4v) is 4.83. The molecule has 0 radical (unpaired) electrons. The van der Waals surface area contributed by atoms with E-state index >= 15 is 0 Å². The zero-order valence-corrected chi connectivity index (χ0v) is 14.8. The van der Waals surface area contributed by atoms with E-state index in [-0.39, 0.29) is 11.0 Å². The average molecular weight is 356 g/mol. The molecule has 1 aliphatic carbocycles. The third kappa shape index (κ3) is 2.85. The van der Waals surface area contributed by atoms with E-state index in [4.69, 9.17) is 0 Å². The molecule has 4 rings (SSSR count). The molecule has 1 N–H and O–H groups in total. The summed E-state index contributed by atoms with van der Waals surface area (Å²) >= 11 is 0. The van der Waals surface area contributed by atoms with Crippen LogP contribution >= 0.6 is 0 Å². The highest BCUT2D eigenvalue weighted by Gasteiger charge is 2.25. The van der Waals surface area contributed by atoms with Gasteiger partial charge >= 0.3 is 0 Å². The van der Waals surface area contributed by atoms with E-state index in [0.29, 0.717) is 11.6 Å². The molecular formula is C19H20N2O3S. The van der Waals surface area contributed by atoms with Crippen LogP contribution in [-0.4, -0.2) is 28.6 Å². The maximum atomic E-state index is 12.9. The number of pyridine rings is 1. The van der Waals surface area contributed by atoms with Gasteiger partial charge in [0.15, 0.2) is 5.65 Å². The number of aryl methyl sites for hydroxylation is 1. The van der Waals surface area contributed by atoms with Gasteiger partial charge in [0, 0.05) is 17.8 Å². The quantitative estimate of drug-likeness (QED) is 0.782. The van der Waals surface area contributed by atoms with Gasteiger partial charge in [-0.3, -0.25) is 0 Å². The second-order valence-corrected chi connectivity index (χ2v) is 8.59. The molecule has 6 heteroatoms. The second-order valence-electron chi connectivity index (χ2n) is 6.77. The lowest BCUT2D eigenvalue weighted by molar-refractivity contribution is 0.181. The van der Waals surface area contributed by atoms with E-state index in [0.717, 1.165) is 35.8 Å². The molecule has 1 fully saturated rings. The Morgan fingerprint density at radius 3 is 2.60 bits per heavy atom. The summed E-state index contributed by atoms with van der Waals surface area (Å²) in [6, 6.07) is 10.6. The van der Waals surface area contributed by atoms with Crippen LogP contribution in [0.3, 0.4) is 0 Å². The first-order valence-corrected chi connectivity index (χ1v) is 9.86. The van der Waals surface area contributed by atoms with E-state index < -0.39 is 10.0 Å². The van der Waals surface area contributed by atoms with Gasteiger partial charge in [0.25, 0.3) is 10.0 Å². The van der Waals surface area contributed by atoms with Crippen molar-refractivity contribution >= 4 is 21.1 Å². The van der Waals surface area contributed by atoms with Crippen molar-refractivity contribution in [3.05, 3.63) is 59.9 Å². The Morgan fingerprint density at radius 2 is 1.92 bits per heavy atom. The highest BCUT2D eigenvalue weighted by Crippen LogP contribution is 2.35. The summed E-state index contributed by atoms with van der Waals surface area (Å²) in [5.41, 5.74) is 2.51. The molecule has 2 unspecified atom stereocenters. The van der Waals surface area contributed by atoms with Crippen LogP contribution in [-0.2, 0) is 10.0 Å².